The minimum atomic E-state index is 0.467. The summed E-state index contributed by atoms with van der Waals surface area (Å²) in [5.74, 6) is 1.74. The molecule has 0 aliphatic heterocycles. The maximum Gasteiger partial charge on any atom is 0.251 e. The second-order valence-corrected chi connectivity index (χ2v) is 4.79. The third kappa shape index (κ3) is 3.32. The molecule has 1 heterocycles. The van der Waals surface area contributed by atoms with E-state index in [4.69, 9.17) is 9.15 Å². The van der Waals surface area contributed by atoms with Crippen molar-refractivity contribution in [2.45, 2.75) is 13.1 Å². The molecule has 1 aromatic heterocycles. The van der Waals surface area contributed by atoms with Crippen molar-refractivity contribution in [2.24, 2.45) is 0 Å². The number of benzene rings is 2. The Hall–Kier alpha value is -2.66. The fourth-order valence-electron chi connectivity index (χ4n) is 2.16. The molecule has 0 fully saturated rings. The van der Waals surface area contributed by atoms with Crippen molar-refractivity contribution in [1.29, 1.82) is 0 Å². The smallest absolute Gasteiger partial charge is 0.251 e. The Morgan fingerprint density at radius 2 is 1.73 bits per heavy atom. The Morgan fingerprint density at radius 1 is 0.955 bits per heavy atom. The van der Waals surface area contributed by atoms with Crippen LogP contribution in [-0.2, 0) is 13.1 Å². The molecule has 112 valence electrons. The van der Waals surface area contributed by atoms with E-state index in [0.717, 1.165) is 17.9 Å². The highest BCUT2D eigenvalue weighted by Crippen LogP contribution is 2.28. The van der Waals surface area contributed by atoms with Gasteiger partial charge in [-0.25, -0.2) is 0 Å². The van der Waals surface area contributed by atoms with Crippen molar-refractivity contribution >= 4 is 0 Å². The summed E-state index contributed by atoms with van der Waals surface area (Å²) in [5, 5.41) is 11.4. The van der Waals surface area contributed by atoms with Crippen molar-refractivity contribution in [2.75, 3.05) is 7.11 Å². The van der Waals surface area contributed by atoms with Gasteiger partial charge in [-0.3, -0.25) is 0 Å². The summed E-state index contributed by atoms with van der Waals surface area (Å²) in [4.78, 5) is 0. The van der Waals surface area contributed by atoms with Gasteiger partial charge in [0.1, 0.15) is 5.75 Å². The summed E-state index contributed by atoms with van der Waals surface area (Å²) in [6, 6.07) is 17.8. The highest BCUT2D eigenvalue weighted by atomic mass is 16.5. The quantitative estimate of drug-likeness (QED) is 0.757. The summed E-state index contributed by atoms with van der Waals surface area (Å²) in [5.41, 5.74) is 2.01. The van der Waals surface area contributed by atoms with Crippen LogP contribution in [0.15, 0.2) is 59.0 Å². The van der Waals surface area contributed by atoms with E-state index in [1.807, 2.05) is 42.5 Å². The zero-order valence-electron chi connectivity index (χ0n) is 12.3. The zero-order chi connectivity index (χ0) is 15.2. The average molecular weight is 295 g/mol. The molecule has 0 bridgehead atoms. The van der Waals surface area contributed by atoms with Crippen LogP contribution in [0.3, 0.4) is 0 Å². The van der Waals surface area contributed by atoms with E-state index in [2.05, 4.69) is 27.6 Å². The maximum atomic E-state index is 5.69. The molecule has 3 aromatic rings. The number of methoxy groups -OCH3 is 1. The van der Waals surface area contributed by atoms with Gasteiger partial charge in [-0.05, 0) is 17.7 Å². The van der Waals surface area contributed by atoms with Crippen LogP contribution in [0.4, 0.5) is 0 Å². The van der Waals surface area contributed by atoms with E-state index in [0.29, 0.717) is 18.3 Å². The molecule has 0 amide bonds. The van der Waals surface area contributed by atoms with Crippen LogP contribution in [0, 0.1) is 0 Å². The molecule has 0 saturated heterocycles. The number of hydrogen-bond acceptors (Lipinski definition) is 5. The molecule has 1 N–H and O–H groups in total. The van der Waals surface area contributed by atoms with Crippen molar-refractivity contribution in [3.8, 4) is 17.2 Å². The monoisotopic (exact) mass is 295 g/mol. The fourth-order valence-corrected chi connectivity index (χ4v) is 2.16. The Balaban J connectivity index is 1.64. The number of rotatable bonds is 6. The number of nitrogens with one attached hydrogen (secondary N) is 1. The molecule has 0 unspecified atom stereocenters. The van der Waals surface area contributed by atoms with Crippen LogP contribution in [0.5, 0.6) is 5.75 Å². The highest BCUT2D eigenvalue weighted by Gasteiger charge is 2.12. The largest absolute Gasteiger partial charge is 0.496 e. The van der Waals surface area contributed by atoms with Crippen molar-refractivity contribution < 1.29 is 9.15 Å². The second kappa shape index (κ2) is 6.87. The van der Waals surface area contributed by atoms with Gasteiger partial charge >= 0.3 is 0 Å². The first-order chi connectivity index (χ1) is 10.9. The minimum absolute atomic E-state index is 0.467. The molecule has 0 spiro atoms. The lowest BCUT2D eigenvalue weighted by molar-refractivity contribution is 0.413. The third-order valence-electron chi connectivity index (χ3n) is 3.25. The van der Waals surface area contributed by atoms with Crippen LogP contribution in [0.1, 0.15) is 11.5 Å². The molecule has 0 aliphatic carbocycles. The first-order valence-corrected chi connectivity index (χ1v) is 7.07. The summed E-state index contributed by atoms with van der Waals surface area (Å²) in [6.45, 7) is 1.28. The molecule has 0 radical (unpaired) electrons. The van der Waals surface area contributed by atoms with Crippen LogP contribution in [0.25, 0.3) is 11.5 Å². The average Bonchev–Trinajstić information content (AvgIpc) is 3.04. The molecular weight excluding hydrogens is 278 g/mol. The van der Waals surface area contributed by atoms with E-state index in [1.165, 1.54) is 5.56 Å². The first-order valence-electron chi connectivity index (χ1n) is 7.07. The Morgan fingerprint density at radius 3 is 2.55 bits per heavy atom. The van der Waals surface area contributed by atoms with Crippen molar-refractivity contribution in [3.63, 3.8) is 0 Å². The van der Waals surface area contributed by atoms with Gasteiger partial charge in [-0.1, -0.05) is 42.5 Å². The van der Waals surface area contributed by atoms with E-state index in [9.17, 15) is 0 Å². The third-order valence-corrected chi connectivity index (χ3v) is 3.25. The summed E-state index contributed by atoms with van der Waals surface area (Å²) < 4.78 is 11.0. The SMILES string of the molecule is COc1ccccc1-c1nnc(CNCc2ccccc2)o1. The Labute approximate surface area is 129 Å². The fraction of sp³-hybridized carbons (Fsp3) is 0.176. The van der Waals surface area contributed by atoms with E-state index >= 15 is 0 Å². The maximum absolute atomic E-state index is 5.69. The minimum Gasteiger partial charge on any atom is -0.496 e. The lowest BCUT2D eigenvalue weighted by atomic mass is 10.2. The van der Waals surface area contributed by atoms with Gasteiger partial charge < -0.3 is 14.5 Å². The second-order valence-electron chi connectivity index (χ2n) is 4.79. The van der Waals surface area contributed by atoms with Gasteiger partial charge in [-0.15, -0.1) is 10.2 Å². The standard InChI is InChI=1S/C17H17N3O2/c1-21-15-10-6-5-9-14(15)17-20-19-16(22-17)12-18-11-13-7-3-2-4-8-13/h2-10,18H,11-12H2,1H3. The first kappa shape index (κ1) is 14.3. The number of ether oxygens (including phenoxy) is 1. The molecule has 5 heteroatoms. The molecule has 3 rings (SSSR count). The topological polar surface area (TPSA) is 60.2 Å². The van der Waals surface area contributed by atoms with E-state index in [-0.39, 0.29) is 0 Å². The van der Waals surface area contributed by atoms with Crippen molar-refractivity contribution in [3.05, 3.63) is 66.1 Å². The molecular formula is C17H17N3O2. The molecule has 22 heavy (non-hydrogen) atoms. The molecule has 5 nitrogen and oxygen atoms in total. The van der Waals surface area contributed by atoms with Crippen molar-refractivity contribution in [1.82, 2.24) is 15.5 Å². The molecule has 0 atom stereocenters. The van der Waals surface area contributed by atoms with Crippen LogP contribution >= 0.6 is 0 Å². The van der Waals surface area contributed by atoms with E-state index in [1.54, 1.807) is 7.11 Å². The molecule has 0 aliphatic rings. The Bertz CT molecular complexity index is 726. The Kier molecular flexibility index (Phi) is 4.46. The molecule has 2 aromatic carbocycles. The normalized spacial score (nSPS) is 10.6. The summed E-state index contributed by atoms with van der Waals surface area (Å²) >= 11 is 0. The van der Waals surface area contributed by atoms with Crippen LogP contribution < -0.4 is 10.1 Å². The van der Waals surface area contributed by atoms with E-state index < -0.39 is 0 Å². The highest BCUT2D eigenvalue weighted by molar-refractivity contribution is 5.62. The number of para-hydroxylation sites is 1. The van der Waals surface area contributed by atoms with Gasteiger partial charge in [0.25, 0.3) is 5.89 Å². The van der Waals surface area contributed by atoms with Gasteiger partial charge in [0, 0.05) is 6.54 Å². The number of aromatic nitrogens is 2. The number of hydrogen-bond donors (Lipinski definition) is 1. The van der Waals surface area contributed by atoms with Crippen LogP contribution in [0.2, 0.25) is 0 Å². The number of nitrogens with zero attached hydrogens (tertiary/aromatic N) is 2. The van der Waals surface area contributed by atoms with Crippen LogP contribution in [-0.4, -0.2) is 17.3 Å². The predicted octanol–water partition coefficient (Wildman–Crippen LogP) is 3.04. The summed E-state index contributed by atoms with van der Waals surface area (Å²) in [7, 11) is 1.62. The van der Waals surface area contributed by atoms with Gasteiger partial charge in [0.15, 0.2) is 0 Å². The van der Waals surface area contributed by atoms with Gasteiger partial charge in [-0.2, -0.15) is 0 Å². The lowest BCUT2D eigenvalue weighted by Gasteiger charge is -2.03. The lowest BCUT2D eigenvalue weighted by Crippen LogP contribution is -2.12. The summed E-state index contributed by atoms with van der Waals surface area (Å²) in [6.07, 6.45) is 0. The molecule has 0 saturated carbocycles. The van der Waals surface area contributed by atoms with Gasteiger partial charge in [0.05, 0.1) is 19.2 Å². The predicted molar refractivity (Wildman–Crippen MR) is 83.3 cm³/mol. The zero-order valence-corrected chi connectivity index (χ0v) is 12.3. The van der Waals surface area contributed by atoms with Gasteiger partial charge in [0.2, 0.25) is 5.89 Å².